The van der Waals surface area contributed by atoms with Gasteiger partial charge in [0.1, 0.15) is 12.1 Å². The number of imide groups is 1. The summed E-state index contributed by atoms with van der Waals surface area (Å²) in [5, 5.41) is 5.13. The topological polar surface area (TPSA) is 78.5 Å². The molecule has 6 nitrogen and oxygen atoms in total. The smallest absolute Gasteiger partial charge is 0.324 e. The van der Waals surface area contributed by atoms with E-state index >= 15 is 0 Å². The van der Waals surface area contributed by atoms with Crippen LogP contribution in [0, 0.1) is 11.6 Å². The molecule has 4 amide bonds. The fourth-order valence-electron chi connectivity index (χ4n) is 3.87. The fraction of sp³-hybridized carbons (Fsp3) is 0.250. The number of nitrogens with zero attached hydrogens (tertiary/aromatic N) is 1. The second-order valence-electron chi connectivity index (χ2n) is 6.91. The molecule has 2 aromatic carbocycles. The number of amides is 4. The molecule has 0 saturated carbocycles. The van der Waals surface area contributed by atoms with Crippen LogP contribution in [0.15, 0.2) is 42.5 Å². The van der Waals surface area contributed by atoms with Gasteiger partial charge in [-0.2, -0.15) is 0 Å². The standard InChI is InChI=1S/C20H17F2N3O3/c21-15-8-7-13(10-16(15)22)23-17(26)11-25-18(27)20(24-19(25)28)9-3-5-12-4-1-2-6-14(12)20/h1-2,4,6-8,10H,3,5,9,11H2,(H,23,26)(H,24,28)/t20-/m1/s1. The molecule has 1 aliphatic carbocycles. The van der Waals surface area contributed by atoms with Crippen molar-refractivity contribution in [1.29, 1.82) is 0 Å². The average Bonchev–Trinajstić information content (AvgIpc) is 2.90. The Labute approximate surface area is 159 Å². The first-order valence-electron chi connectivity index (χ1n) is 8.88. The summed E-state index contributed by atoms with van der Waals surface area (Å²) in [6.45, 7) is -0.520. The molecule has 144 valence electrons. The van der Waals surface area contributed by atoms with Gasteiger partial charge in [-0.1, -0.05) is 24.3 Å². The Morgan fingerprint density at radius 1 is 1.14 bits per heavy atom. The highest BCUT2D eigenvalue weighted by Gasteiger charge is 2.54. The predicted octanol–water partition coefficient (Wildman–Crippen LogP) is 2.69. The van der Waals surface area contributed by atoms with Gasteiger partial charge in [-0.3, -0.25) is 14.5 Å². The van der Waals surface area contributed by atoms with Gasteiger partial charge in [0.2, 0.25) is 5.91 Å². The van der Waals surface area contributed by atoms with Crippen LogP contribution in [-0.4, -0.2) is 29.3 Å². The van der Waals surface area contributed by atoms with Gasteiger partial charge < -0.3 is 10.6 Å². The van der Waals surface area contributed by atoms with Crippen LogP contribution in [0.25, 0.3) is 0 Å². The molecule has 1 aliphatic heterocycles. The van der Waals surface area contributed by atoms with E-state index in [4.69, 9.17) is 0 Å². The number of urea groups is 1. The number of benzene rings is 2. The number of fused-ring (bicyclic) bond motifs is 2. The van der Waals surface area contributed by atoms with E-state index in [0.717, 1.165) is 41.0 Å². The van der Waals surface area contributed by atoms with E-state index in [0.29, 0.717) is 6.42 Å². The second kappa shape index (κ2) is 6.70. The Balaban J connectivity index is 1.54. The van der Waals surface area contributed by atoms with Gasteiger partial charge in [0.25, 0.3) is 5.91 Å². The lowest BCUT2D eigenvalue weighted by Crippen LogP contribution is -2.47. The van der Waals surface area contributed by atoms with Gasteiger partial charge in [-0.05, 0) is 42.5 Å². The molecule has 1 fully saturated rings. The van der Waals surface area contributed by atoms with Crippen LogP contribution in [0.5, 0.6) is 0 Å². The molecule has 0 unspecified atom stereocenters. The van der Waals surface area contributed by atoms with Crippen molar-refractivity contribution < 1.29 is 23.2 Å². The molecule has 4 rings (SSSR count). The molecule has 2 N–H and O–H groups in total. The maximum Gasteiger partial charge on any atom is 0.325 e. The largest absolute Gasteiger partial charge is 0.325 e. The Hall–Kier alpha value is -3.29. The molecule has 8 heteroatoms. The lowest BCUT2D eigenvalue weighted by molar-refractivity contribution is -0.134. The number of aryl methyl sites for hydroxylation is 1. The van der Waals surface area contributed by atoms with Crippen molar-refractivity contribution in [3.8, 4) is 0 Å². The van der Waals surface area contributed by atoms with Crippen LogP contribution < -0.4 is 10.6 Å². The Kier molecular flexibility index (Phi) is 4.33. The second-order valence-corrected chi connectivity index (χ2v) is 6.91. The zero-order valence-electron chi connectivity index (χ0n) is 14.8. The van der Waals surface area contributed by atoms with Gasteiger partial charge >= 0.3 is 6.03 Å². The Morgan fingerprint density at radius 3 is 2.71 bits per heavy atom. The number of rotatable bonds is 3. The number of anilines is 1. The minimum atomic E-state index is -1.16. The highest BCUT2D eigenvalue weighted by molar-refractivity contribution is 6.10. The normalized spacial score (nSPS) is 20.9. The first kappa shape index (κ1) is 18.1. The summed E-state index contributed by atoms with van der Waals surface area (Å²) in [4.78, 5) is 38.7. The molecule has 1 heterocycles. The van der Waals surface area contributed by atoms with Crippen LogP contribution >= 0.6 is 0 Å². The van der Waals surface area contributed by atoms with Crippen molar-refractivity contribution >= 4 is 23.5 Å². The molecule has 0 bridgehead atoms. The summed E-state index contributed by atoms with van der Waals surface area (Å²) < 4.78 is 26.3. The van der Waals surface area contributed by atoms with Crippen molar-refractivity contribution in [2.24, 2.45) is 0 Å². The maximum atomic E-state index is 13.3. The molecule has 0 aromatic heterocycles. The summed E-state index contributed by atoms with van der Waals surface area (Å²) in [6.07, 6.45) is 2.01. The van der Waals surface area contributed by atoms with Gasteiger partial charge in [-0.25, -0.2) is 13.6 Å². The number of halogens is 2. The van der Waals surface area contributed by atoms with E-state index in [1.54, 1.807) is 0 Å². The molecule has 0 radical (unpaired) electrons. The maximum absolute atomic E-state index is 13.3. The average molecular weight is 385 g/mol. The SMILES string of the molecule is O=C(CN1C(=O)N[C@@]2(CCCc3ccccc32)C1=O)Nc1ccc(F)c(F)c1. The Morgan fingerprint density at radius 2 is 1.93 bits per heavy atom. The summed E-state index contributed by atoms with van der Waals surface area (Å²) >= 11 is 0. The minimum Gasteiger partial charge on any atom is -0.324 e. The summed E-state index contributed by atoms with van der Waals surface area (Å²) in [5.74, 6) is -3.31. The van der Waals surface area contributed by atoms with Gasteiger partial charge in [0.05, 0.1) is 0 Å². The molecule has 1 spiro atoms. The first-order valence-corrected chi connectivity index (χ1v) is 8.88. The molecular formula is C20H17F2N3O3. The molecule has 1 saturated heterocycles. The third-order valence-corrected chi connectivity index (χ3v) is 5.16. The van der Waals surface area contributed by atoms with Crippen molar-refractivity contribution in [3.05, 3.63) is 65.2 Å². The summed E-state index contributed by atoms with van der Waals surface area (Å²) in [5.41, 5.74) is 0.626. The number of hydrogen-bond donors (Lipinski definition) is 2. The first-order chi connectivity index (χ1) is 13.4. The lowest BCUT2D eigenvalue weighted by atomic mass is 9.76. The fourth-order valence-corrected chi connectivity index (χ4v) is 3.87. The zero-order chi connectivity index (χ0) is 19.9. The van der Waals surface area contributed by atoms with Crippen LogP contribution in [0.4, 0.5) is 19.3 Å². The number of hydrogen-bond acceptors (Lipinski definition) is 3. The molecule has 2 aliphatic rings. The van der Waals surface area contributed by atoms with Crippen LogP contribution in [0.2, 0.25) is 0 Å². The van der Waals surface area contributed by atoms with E-state index in [1.807, 2.05) is 24.3 Å². The zero-order valence-corrected chi connectivity index (χ0v) is 14.8. The van der Waals surface area contributed by atoms with Crippen LogP contribution in [0.1, 0.15) is 24.0 Å². The van der Waals surface area contributed by atoms with E-state index in [1.165, 1.54) is 6.07 Å². The molecule has 1 atom stereocenters. The Bertz CT molecular complexity index is 994. The van der Waals surface area contributed by atoms with E-state index in [9.17, 15) is 23.2 Å². The minimum absolute atomic E-state index is 0.0358. The molecule has 28 heavy (non-hydrogen) atoms. The molecular weight excluding hydrogens is 368 g/mol. The van der Waals surface area contributed by atoms with E-state index < -0.39 is 41.6 Å². The number of nitrogens with one attached hydrogen (secondary N) is 2. The lowest BCUT2D eigenvalue weighted by Gasteiger charge is -2.33. The number of carbonyl (C=O) groups is 3. The highest BCUT2D eigenvalue weighted by Crippen LogP contribution is 2.39. The van der Waals surface area contributed by atoms with Crippen molar-refractivity contribution in [2.75, 3.05) is 11.9 Å². The third-order valence-electron chi connectivity index (χ3n) is 5.16. The van der Waals surface area contributed by atoms with Crippen LogP contribution in [-0.2, 0) is 21.5 Å². The monoisotopic (exact) mass is 385 g/mol. The van der Waals surface area contributed by atoms with E-state index in [2.05, 4.69) is 10.6 Å². The third kappa shape index (κ3) is 2.90. The predicted molar refractivity (Wildman–Crippen MR) is 96.3 cm³/mol. The van der Waals surface area contributed by atoms with Crippen molar-refractivity contribution in [1.82, 2.24) is 10.2 Å². The van der Waals surface area contributed by atoms with Gasteiger partial charge in [0.15, 0.2) is 11.6 Å². The van der Waals surface area contributed by atoms with Gasteiger partial charge in [0, 0.05) is 11.8 Å². The van der Waals surface area contributed by atoms with Gasteiger partial charge in [-0.15, -0.1) is 0 Å². The summed E-state index contributed by atoms with van der Waals surface area (Å²) in [7, 11) is 0. The van der Waals surface area contributed by atoms with Crippen molar-refractivity contribution in [2.45, 2.75) is 24.8 Å². The molecule has 2 aromatic rings. The number of carbonyl (C=O) groups excluding carboxylic acids is 3. The van der Waals surface area contributed by atoms with Crippen LogP contribution in [0.3, 0.4) is 0 Å². The van der Waals surface area contributed by atoms with E-state index in [-0.39, 0.29) is 5.69 Å². The van der Waals surface area contributed by atoms with Crippen molar-refractivity contribution in [3.63, 3.8) is 0 Å². The summed E-state index contributed by atoms with van der Waals surface area (Å²) in [6, 6.07) is 9.69. The highest BCUT2D eigenvalue weighted by atomic mass is 19.2. The quantitative estimate of drug-likeness (QED) is 0.798.